The van der Waals surface area contributed by atoms with Crippen LogP contribution < -0.4 is 5.73 Å². The second kappa shape index (κ2) is 5.67. The Morgan fingerprint density at radius 3 is 2.61 bits per heavy atom. The molecule has 0 unspecified atom stereocenters. The second-order valence-corrected chi connectivity index (χ2v) is 4.76. The summed E-state index contributed by atoms with van der Waals surface area (Å²) >= 11 is 1.25. The molecule has 18 heavy (non-hydrogen) atoms. The minimum Gasteiger partial charge on any atom is -0.326 e. The summed E-state index contributed by atoms with van der Waals surface area (Å²) in [4.78, 5) is 1.24. The van der Waals surface area contributed by atoms with Crippen LogP contribution in [0.2, 0.25) is 0 Å². The Morgan fingerprint density at radius 1 is 1.17 bits per heavy atom. The predicted molar refractivity (Wildman–Crippen MR) is 69.6 cm³/mol. The van der Waals surface area contributed by atoms with E-state index in [1.807, 2.05) is 6.07 Å². The van der Waals surface area contributed by atoms with Crippen molar-refractivity contribution in [3.63, 3.8) is 0 Å². The zero-order valence-corrected chi connectivity index (χ0v) is 10.4. The van der Waals surface area contributed by atoms with Gasteiger partial charge in [0.15, 0.2) is 0 Å². The molecule has 2 aromatic rings. The molecular formula is C14H11FN2S. The highest BCUT2D eigenvalue weighted by molar-refractivity contribution is 7.99. The Hall–Kier alpha value is -1.83. The third kappa shape index (κ3) is 2.70. The summed E-state index contributed by atoms with van der Waals surface area (Å²) in [7, 11) is 0. The molecule has 4 heteroatoms. The summed E-state index contributed by atoms with van der Waals surface area (Å²) in [6.45, 7) is 0.388. The van der Waals surface area contributed by atoms with Crippen molar-refractivity contribution in [3.05, 3.63) is 59.4 Å². The van der Waals surface area contributed by atoms with Crippen LogP contribution in [0.5, 0.6) is 0 Å². The van der Waals surface area contributed by atoms with Crippen LogP contribution in [-0.2, 0) is 6.54 Å². The van der Waals surface area contributed by atoms with Crippen molar-refractivity contribution in [1.82, 2.24) is 0 Å². The Balaban J connectivity index is 2.35. The maximum Gasteiger partial charge on any atom is 0.137 e. The first-order valence-electron chi connectivity index (χ1n) is 5.40. The monoisotopic (exact) mass is 258 g/mol. The lowest BCUT2D eigenvalue weighted by atomic mass is 10.1. The highest BCUT2D eigenvalue weighted by Gasteiger charge is 2.08. The Morgan fingerprint density at radius 2 is 1.94 bits per heavy atom. The smallest absolute Gasteiger partial charge is 0.137 e. The molecule has 0 fully saturated rings. The number of nitrogens with zero attached hydrogens (tertiary/aromatic N) is 1. The highest BCUT2D eigenvalue weighted by atomic mass is 32.2. The highest BCUT2D eigenvalue weighted by Crippen LogP contribution is 2.32. The third-order valence-electron chi connectivity index (χ3n) is 2.46. The molecule has 0 saturated heterocycles. The van der Waals surface area contributed by atoms with Crippen molar-refractivity contribution in [1.29, 1.82) is 5.26 Å². The SMILES string of the molecule is N#Cc1cc(CN)ccc1Sc1ccccc1F. The third-order valence-corrected chi connectivity index (χ3v) is 3.58. The lowest BCUT2D eigenvalue weighted by Crippen LogP contribution is -1.97. The molecule has 90 valence electrons. The van der Waals surface area contributed by atoms with Crippen LogP contribution in [0.3, 0.4) is 0 Å². The molecule has 0 saturated carbocycles. The molecule has 0 spiro atoms. The van der Waals surface area contributed by atoms with Crippen molar-refractivity contribution in [3.8, 4) is 6.07 Å². The van der Waals surface area contributed by atoms with Gasteiger partial charge in [0.25, 0.3) is 0 Å². The summed E-state index contributed by atoms with van der Waals surface area (Å²) in [5.41, 5.74) is 6.94. The minimum absolute atomic E-state index is 0.283. The van der Waals surface area contributed by atoms with E-state index >= 15 is 0 Å². The molecule has 0 aliphatic heterocycles. The van der Waals surface area contributed by atoms with Crippen molar-refractivity contribution in [2.75, 3.05) is 0 Å². The van der Waals surface area contributed by atoms with Crippen LogP contribution in [0.15, 0.2) is 52.3 Å². The zero-order valence-electron chi connectivity index (χ0n) is 9.56. The maximum atomic E-state index is 13.5. The molecule has 2 N–H and O–H groups in total. The van der Waals surface area contributed by atoms with E-state index in [0.29, 0.717) is 17.0 Å². The number of hydrogen-bond donors (Lipinski definition) is 1. The van der Waals surface area contributed by atoms with E-state index in [0.717, 1.165) is 10.5 Å². The predicted octanol–water partition coefficient (Wildman–Crippen LogP) is 3.31. The zero-order chi connectivity index (χ0) is 13.0. The van der Waals surface area contributed by atoms with E-state index in [1.54, 1.807) is 30.3 Å². The first-order valence-corrected chi connectivity index (χ1v) is 6.21. The molecule has 2 nitrogen and oxygen atoms in total. The lowest BCUT2D eigenvalue weighted by Gasteiger charge is -2.06. The van der Waals surface area contributed by atoms with Gasteiger partial charge in [0.1, 0.15) is 11.9 Å². The van der Waals surface area contributed by atoms with Crippen LogP contribution in [0.4, 0.5) is 4.39 Å². The topological polar surface area (TPSA) is 49.8 Å². The van der Waals surface area contributed by atoms with Crippen molar-refractivity contribution in [2.45, 2.75) is 16.3 Å². The van der Waals surface area contributed by atoms with E-state index in [9.17, 15) is 4.39 Å². The Labute approximate surface area is 109 Å². The summed E-state index contributed by atoms with van der Waals surface area (Å²) in [6, 6.07) is 14.0. The number of rotatable bonds is 3. The van der Waals surface area contributed by atoms with Gasteiger partial charge in [-0.05, 0) is 29.8 Å². The number of nitriles is 1. The fourth-order valence-electron chi connectivity index (χ4n) is 1.53. The van der Waals surface area contributed by atoms with Gasteiger partial charge in [0.05, 0.1) is 5.56 Å². The molecule has 0 aromatic heterocycles. The number of nitrogens with two attached hydrogens (primary N) is 1. The molecule has 0 aliphatic rings. The lowest BCUT2D eigenvalue weighted by molar-refractivity contribution is 0.602. The number of halogens is 1. The first kappa shape index (κ1) is 12.6. The molecular weight excluding hydrogens is 247 g/mol. The number of benzene rings is 2. The molecule has 2 aromatic carbocycles. The Bertz CT molecular complexity index is 605. The molecule has 2 rings (SSSR count). The average Bonchev–Trinajstić information content (AvgIpc) is 2.41. The van der Waals surface area contributed by atoms with Gasteiger partial charge < -0.3 is 5.73 Å². The summed E-state index contributed by atoms with van der Waals surface area (Å²) in [5, 5.41) is 9.09. The van der Waals surface area contributed by atoms with Gasteiger partial charge in [0, 0.05) is 16.3 Å². The molecule has 0 radical (unpaired) electrons. The largest absolute Gasteiger partial charge is 0.326 e. The van der Waals surface area contributed by atoms with Crippen LogP contribution in [-0.4, -0.2) is 0 Å². The molecule has 0 aliphatic carbocycles. The minimum atomic E-state index is -0.283. The van der Waals surface area contributed by atoms with Gasteiger partial charge in [0.2, 0.25) is 0 Å². The fourth-order valence-corrected chi connectivity index (χ4v) is 2.43. The van der Waals surface area contributed by atoms with E-state index in [2.05, 4.69) is 6.07 Å². The normalized spacial score (nSPS) is 10.1. The molecule has 0 atom stereocenters. The number of hydrogen-bond acceptors (Lipinski definition) is 3. The van der Waals surface area contributed by atoms with Crippen molar-refractivity contribution < 1.29 is 4.39 Å². The van der Waals surface area contributed by atoms with Crippen molar-refractivity contribution in [2.24, 2.45) is 5.73 Å². The van der Waals surface area contributed by atoms with E-state index in [1.165, 1.54) is 17.8 Å². The average molecular weight is 258 g/mol. The Kier molecular flexibility index (Phi) is 3.98. The second-order valence-electron chi connectivity index (χ2n) is 3.68. The van der Waals surface area contributed by atoms with E-state index in [-0.39, 0.29) is 5.82 Å². The molecule has 0 amide bonds. The van der Waals surface area contributed by atoms with Crippen molar-refractivity contribution >= 4 is 11.8 Å². The van der Waals surface area contributed by atoms with E-state index < -0.39 is 0 Å². The van der Waals surface area contributed by atoms with Gasteiger partial charge in [-0.15, -0.1) is 0 Å². The maximum absolute atomic E-state index is 13.5. The quantitative estimate of drug-likeness (QED) is 0.918. The van der Waals surface area contributed by atoms with Gasteiger partial charge in [-0.3, -0.25) is 0 Å². The van der Waals surface area contributed by atoms with Gasteiger partial charge >= 0.3 is 0 Å². The van der Waals surface area contributed by atoms with Gasteiger partial charge in [-0.25, -0.2) is 4.39 Å². The summed E-state index contributed by atoms with van der Waals surface area (Å²) in [5.74, 6) is -0.283. The fraction of sp³-hybridized carbons (Fsp3) is 0.0714. The summed E-state index contributed by atoms with van der Waals surface area (Å²) in [6.07, 6.45) is 0. The van der Waals surface area contributed by atoms with Gasteiger partial charge in [-0.2, -0.15) is 5.26 Å². The summed E-state index contributed by atoms with van der Waals surface area (Å²) < 4.78 is 13.5. The standard InChI is InChI=1S/C14H11FN2S/c15-12-3-1-2-4-14(12)18-13-6-5-10(8-16)7-11(13)9-17/h1-7H,8,16H2. The van der Waals surface area contributed by atoms with Crippen LogP contribution >= 0.6 is 11.8 Å². The first-order chi connectivity index (χ1) is 8.74. The van der Waals surface area contributed by atoms with Crippen LogP contribution in [0.25, 0.3) is 0 Å². The van der Waals surface area contributed by atoms with Crippen LogP contribution in [0, 0.1) is 17.1 Å². The van der Waals surface area contributed by atoms with Gasteiger partial charge in [-0.1, -0.05) is 30.0 Å². The molecule has 0 heterocycles. The molecule has 0 bridgehead atoms. The van der Waals surface area contributed by atoms with E-state index in [4.69, 9.17) is 11.0 Å². The van der Waals surface area contributed by atoms with Crippen LogP contribution in [0.1, 0.15) is 11.1 Å².